The van der Waals surface area contributed by atoms with Crippen LogP contribution >= 0.6 is 45.8 Å². The average Bonchev–Trinajstić information content (AvgIpc) is 2.55. The molecule has 0 spiro atoms. The highest BCUT2D eigenvalue weighted by molar-refractivity contribution is 14.1. The third kappa shape index (κ3) is 2.28. The molecule has 0 bridgehead atoms. The van der Waals surface area contributed by atoms with E-state index in [1.807, 2.05) is 6.07 Å². The fourth-order valence-corrected chi connectivity index (χ4v) is 2.25. The number of nitrogen functional groups attached to an aromatic ring is 1. The SMILES string of the molecule is Nc1c(I)cnn1Cc1c(Cl)cccc1Cl. The van der Waals surface area contributed by atoms with Crippen LogP contribution < -0.4 is 5.73 Å². The van der Waals surface area contributed by atoms with Gasteiger partial charge in [-0.15, -0.1) is 0 Å². The predicted octanol–water partition coefficient (Wildman–Crippen LogP) is 3.43. The maximum atomic E-state index is 6.07. The molecule has 1 aromatic heterocycles. The lowest BCUT2D eigenvalue weighted by Crippen LogP contribution is -2.07. The first-order valence-corrected chi connectivity index (χ1v) is 6.32. The van der Waals surface area contributed by atoms with Gasteiger partial charge in [0, 0.05) is 15.6 Å². The van der Waals surface area contributed by atoms with Gasteiger partial charge in [0.25, 0.3) is 0 Å². The van der Waals surface area contributed by atoms with Crippen molar-refractivity contribution >= 4 is 51.6 Å². The summed E-state index contributed by atoms with van der Waals surface area (Å²) in [5.74, 6) is 0.622. The van der Waals surface area contributed by atoms with Crippen molar-refractivity contribution in [3.63, 3.8) is 0 Å². The molecule has 0 aliphatic heterocycles. The van der Waals surface area contributed by atoms with E-state index in [1.54, 1.807) is 23.0 Å². The van der Waals surface area contributed by atoms with Crippen LogP contribution in [0.3, 0.4) is 0 Å². The van der Waals surface area contributed by atoms with Crippen LogP contribution in [0.5, 0.6) is 0 Å². The van der Waals surface area contributed by atoms with E-state index in [0.29, 0.717) is 22.4 Å². The van der Waals surface area contributed by atoms with Crippen LogP contribution in [-0.4, -0.2) is 9.78 Å². The topological polar surface area (TPSA) is 43.8 Å². The molecule has 1 heterocycles. The summed E-state index contributed by atoms with van der Waals surface area (Å²) < 4.78 is 2.59. The van der Waals surface area contributed by atoms with Crippen molar-refractivity contribution in [2.24, 2.45) is 0 Å². The lowest BCUT2D eigenvalue weighted by Gasteiger charge is -2.08. The van der Waals surface area contributed by atoms with Crippen molar-refractivity contribution in [1.29, 1.82) is 0 Å². The molecule has 0 saturated carbocycles. The van der Waals surface area contributed by atoms with Crippen LogP contribution in [0.2, 0.25) is 10.0 Å². The molecule has 0 aliphatic rings. The highest BCUT2D eigenvalue weighted by atomic mass is 127. The molecule has 3 nitrogen and oxygen atoms in total. The summed E-state index contributed by atoms with van der Waals surface area (Å²) in [6, 6.07) is 5.41. The van der Waals surface area contributed by atoms with E-state index in [9.17, 15) is 0 Å². The Hall–Kier alpha value is -0.460. The van der Waals surface area contributed by atoms with Crippen molar-refractivity contribution in [2.75, 3.05) is 5.73 Å². The number of halogens is 3. The van der Waals surface area contributed by atoms with Gasteiger partial charge in [-0.2, -0.15) is 5.10 Å². The Labute approximate surface area is 117 Å². The summed E-state index contributed by atoms with van der Waals surface area (Å²) in [6.45, 7) is 0.480. The van der Waals surface area contributed by atoms with E-state index >= 15 is 0 Å². The van der Waals surface area contributed by atoms with E-state index < -0.39 is 0 Å². The molecule has 0 saturated heterocycles. The average molecular weight is 368 g/mol. The first-order chi connectivity index (χ1) is 7.59. The normalized spacial score (nSPS) is 10.7. The van der Waals surface area contributed by atoms with Gasteiger partial charge in [0.15, 0.2) is 0 Å². The number of hydrogen-bond acceptors (Lipinski definition) is 2. The van der Waals surface area contributed by atoms with Gasteiger partial charge in [-0.3, -0.25) is 0 Å². The number of benzene rings is 1. The quantitative estimate of drug-likeness (QED) is 0.826. The highest BCUT2D eigenvalue weighted by Crippen LogP contribution is 2.26. The molecule has 0 fully saturated rings. The zero-order valence-corrected chi connectivity index (χ0v) is 11.8. The number of nitrogens with zero attached hydrogens (tertiary/aromatic N) is 2. The largest absolute Gasteiger partial charge is 0.383 e. The summed E-state index contributed by atoms with van der Waals surface area (Å²) in [5.41, 5.74) is 6.69. The van der Waals surface area contributed by atoms with Crippen LogP contribution in [0, 0.1) is 3.57 Å². The fraction of sp³-hybridized carbons (Fsp3) is 0.100. The lowest BCUT2D eigenvalue weighted by molar-refractivity contribution is 0.697. The molecular formula is C10H8Cl2IN3. The number of aromatic nitrogens is 2. The molecule has 16 heavy (non-hydrogen) atoms. The molecule has 2 aromatic rings. The first kappa shape index (κ1) is 12.0. The molecular weight excluding hydrogens is 360 g/mol. The Morgan fingerprint density at radius 1 is 1.31 bits per heavy atom. The van der Waals surface area contributed by atoms with Crippen molar-refractivity contribution < 1.29 is 0 Å². The van der Waals surface area contributed by atoms with Gasteiger partial charge >= 0.3 is 0 Å². The molecule has 0 amide bonds. The van der Waals surface area contributed by atoms with E-state index in [0.717, 1.165) is 9.13 Å². The molecule has 0 unspecified atom stereocenters. The van der Waals surface area contributed by atoms with Crippen molar-refractivity contribution in [2.45, 2.75) is 6.54 Å². The molecule has 84 valence electrons. The van der Waals surface area contributed by atoms with Gasteiger partial charge in [0.2, 0.25) is 0 Å². The third-order valence-corrected chi connectivity index (χ3v) is 3.74. The zero-order chi connectivity index (χ0) is 11.7. The minimum Gasteiger partial charge on any atom is -0.383 e. The number of rotatable bonds is 2. The van der Waals surface area contributed by atoms with Crippen LogP contribution in [0.4, 0.5) is 5.82 Å². The standard InChI is InChI=1S/C10H8Cl2IN3/c11-7-2-1-3-8(12)6(7)5-16-10(14)9(13)4-15-16/h1-4H,5,14H2. The van der Waals surface area contributed by atoms with Crippen molar-refractivity contribution in [1.82, 2.24) is 9.78 Å². The highest BCUT2D eigenvalue weighted by Gasteiger charge is 2.10. The van der Waals surface area contributed by atoms with Crippen molar-refractivity contribution in [3.05, 3.63) is 43.6 Å². The van der Waals surface area contributed by atoms with Gasteiger partial charge < -0.3 is 5.73 Å². The summed E-state index contributed by atoms with van der Waals surface area (Å²) >= 11 is 14.3. The Morgan fingerprint density at radius 3 is 2.44 bits per heavy atom. The van der Waals surface area contributed by atoms with Crippen LogP contribution in [0.15, 0.2) is 24.4 Å². The van der Waals surface area contributed by atoms with Crippen molar-refractivity contribution in [3.8, 4) is 0 Å². The Bertz CT molecular complexity index is 505. The van der Waals surface area contributed by atoms with E-state index in [2.05, 4.69) is 27.7 Å². The molecule has 0 radical (unpaired) electrons. The number of anilines is 1. The smallest absolute Gasteiger partial charge is 0.135 e. The molecule has 6 heteroatoms. The number of hydrogen-bond donors (Lipinski definition) is 1. The Morgan fingerprint density at radius 2 is 1.94 bits per heavy atom. The maximum absolute atomic E-state index is 6.07. The lowest BCUT2D eigenvalue weighted by atomic mass is 10.2. The maximum Gasteiger partial charge on any atom is 0.135 e. The minimum absolute atomic E-state index is 0.480. The van der Waals surface area contributed by atoms with Gasteiger partial charge in [0.05, 0.1) is 16.3 Å². The van der Waals surface area contributed by atoms with Crippen LogP contribution in [0.25, 0.3) is 0 Å². The predicted molar refractivity (Wildman–Crippen MR) is 74.9 cm³/mol. The van der Waals surface area contributed by atoms with Gasteiger partial charge in [0.1, 0.15) is 5.82 Å². The zero-order valence-electron chi connectivity index (χ0n) is 8.12. The molecule has 2 rings (SSSR count). The molecule has 0 aliphatic carbocycles. The second-order valence-electron chi connectivity index (χ2n) is 3.24. The summed E-state index contributed by atoms with van der Waals surface area (Å²) in [4.78, 5) is 0. The van der Waals surface area contributed by atoms with E-state index in [-0.39, 0.29) is 0 Å². The second-order valence-corrected chi connectivity index (χ2v) is 5.21. The van der Waals surface area contributed by atoms with Crippen LogP contribution in [-0.2, 0) is 6.54 Å². The Balaban J connectivity index is 2.38. The summed E-state index contributed by atoms with van der Waals surface area (Å²) in [5, 5.41) is 5.40. The van der Waals surface area contributed by atoms with Crippen LogP contribution in [0.1, 0.15) is 5.56 Å². The molecule has 2 N–H and O–H groups in total. The van der Waals surface area contributed by atoms with E-state index in [1.165, 1.54) is 0 Å². The van der Waals surface area contributed by atoms with E-state index in [4.69, 9.17) is 28.9 Å². The Kier molecular flexibility index (Phi) is 3.61. The first-order valence-electron chi connectivity index (χ1n) is 4.49. The monoisotopic (exact) mass is 367 g/mol. The minimum atomic E-state index is 0.480. The van der Waals surface area contributed by atoms with Gasteiger partial charge in [-0.05, 0) is 34.7 Å². The number of nitrogens with two attached hydrogens (primary N) is 1. The molecule has 1 aromatic carbocycles. The summed E-state index contributed by atoms with van der Waals surface area (Å²) in [7, 11) is 0. The molecule has 0 atom stereocenters. The summed E-state index contributed by atoms with van der Waals surface area (Å²) in [6.07, 6.45) is 1.71. The fourth-order valence-electron chi connectivity index (χ4n) is 1.33. The van der Waals surface area contributed by atoms with Gasteiger partial charge in [-0.25, -0.2) is 4.68 Å². The second kappa shape index (κ2) is 4.81. The third-order valence-electron chi connectivity index (χ3n) is 2.20. The van der Waals surface area contributed by atoms with Gasteiger partial charge in [-0.1, -0.05) is 29.3 Å².